The summed E-state index contributed by atoms with van der Waals surface area (Å²) < 4.78 is 27.3. The highest BCUT2D eigenvalue weighted by atomic mass is 32.2. The van der Waals surface area contributed by atoms with Gasteiger partial charge in [0.15, 0.2) is 0 Å². The summed E-state index contributed by atoms with van der Waals surface area (Å²) in [7, 11) is -3.60. The van der Waals surface area contributed by atoms with Gasteiger partial charge in [-0.1, -0.05) is 13.8 Å². The summed E-state index contributed by atoms with van der Waals surface area (Å²) in [5, 5.41) is 12.3. The second-order valence-corrected chi connectivity index (χ2v) is 6.47. The first kappa shape index (κ1) is 15.6. The zero-order chi connectivity index (χ0) is 14.5. The number of nitrogens with zero attached hydrogens (tertiary/aromatic N) is 2. The largest absolute Gasteiger partial charge is 0.480 e. The Morgan fingerprint density at radius 3 is 2.79 bits per heavy atom. The van der Waals surface area contributed by atoms with Crippen LogP contribution in [0.15, 0.2) is 17.3 Å². The summed E-state index contributed by atoms with van der Waals surface area (Å²) in [5.41, 5.74) is 0. The fourth-order valence-corrected chi connectivity index (χ4v) is 2.53. The lowest BCUT2D eigenvalue weighted by molar-refractivity contribution is -0.137. The van der Waals surface area contributed by atoms with E-state index < -0.39 is 16.0 Å². The molecule has 0 atom stereocenters. The van der Waals surface area contributed by atoms with Gasteiger partial charge in [0.25, 0.3) is 0 Å². The quantitative estimate of drug-likeness (QED) is 0.685. The van der Waals surface area contributed by atoms with Gasteiger partial charge in [0.1, 0.15) is 11.4 Å². The zero-order valence-electron chi connectivity index (χ0n) is 11.0. The Bertz CT molecular complexity index is 522. The maximum atomic E-state index is 11.9. The van der Waals surface area contributed by atoms with E-state index in [4.69, 9.17) is 5.11 Å². The van der Waals surface area contributed by atoms with Gasteiger partial charge in [-0.2, -0.15) is 5.10 Å². The predicted octanol–water partition coefficient (Wildman–Crippen LogP) is 0.682. The lowest BCUT2D eigenvalue weighted by Gasteiger charge is -2.06. The summed E-state index contributed by atoms with van der Waals surface area (Å²) in [6.07, 6.45) is 4.06. The van der Waals surface area contributed by atoms with Crippen molar-refractivity contribution in [1.82, 2.24) is 14.5 Å². The minimum absolute atomic E-state index is 0.0155. The molecule has 0 bridgehead atoms. The highest BCUT2D eigenvalue weighted by Crippen LogP contribution is 2.08. The molecule has 0 saturated carbocycles. The molecular formula is C11H19N3O4S. The van der Waals surface area contributed by atoms with Crippen LogP contribution < -0.4 is 4.72 Å². The van der Waals surface area contributed by atoms with E-state index in [9.17, 15) is 13.2 Å². The number of carboxylic acid groups (broad SMARTS) is 1. The first-order valence-electron chi connectivity index (χ1n) is 6.05. The molecule has 0 spiro atoms. The van der Waals surface area contributed by atoms with Crippen LogP contribution in [0.4, 0.5) is 0 Å². The Labute approximate surface area is 112 Å². The van der Waals surface area contributed by atoms with Crippen LogP contribution in [0, 0.1) is 5.92 Å². The topological polar surface area (TPSA) is 101 Å². The van der Waals surface area contributed by atoms with Gasteiger partial charge in [0.05, 0.1) is 6.20 Å². The molecular weight excluding hydrogens is 270 g/mol. The van der Waals surface area contributed by atoms with E-state index in [0.29, 0.717) is 12.5 Å². The standard InChI is InChI=1S/C11H19N3O4S/c1-9(2)4-3-5-13-19(17,18)10-6-12-14(7-10)8-11(15)16/h6-7,9,13H,3-5,8H2,1-2H3,(H,15,16). The minimum Gasteiger partial charge on any atom is -0.480 e. The molecule has 1 aromatic heterocycles. The number of aromatic nitrogens is 2. The average Bonchev–Trinajstić information content (AvgIpc) is 2.72. The molecule has 0 aromatic carbocycles. The molecule has 1 heterocycles. The van der Waals surface area contributed by atoms with Crippen LogP contribution in [-0.4, -0.2) is 35.8 Å². The molecule has 0 unspecified atom stereocenters. The van der Waals surface area contributed by atoms with Crippen LogP contribution in [-0.2, 0) is 21.4 Å². The van der Waals surface area contributed by atoms with E-state index in [2.05, 4.69) is 23.7 Å². The third-order valence-electron chi connectivity index (χ3n) is 2.47. The van der Waals surface area contributed by atoms with Crippen LogP contribution in [0.3, 0.4) is 0 Å². The summed E-state index contributed by atoms with van der Waals surface area (Å²) in [6.45, 7) is 4.16. The van der Waals surface area contributed by atoms with Crippen molar-refractivity contribution in [2.45, 2.75) is 38.1 Å². The third kappa shape index (κ3) is 5.39. The summed E-state index contributed by atoms with van der Waals surface area (Å²) >= 11 is 0. The number of aliphatic carboxylic acids is 1. The fraction of sp³-hybridized carbons (Fsp3) is 0.636. The van der Waals surface area contributed by atoms with Crippen molar-refractivity contribution in [1.29, 1.82) is 0 Å². The highest BCUT2D eigenvalue weighted by Gasteiger charge is 2.16. The first-order valence-corrected chi connectivity index (χ1v) is 7.53. The maximum Gasteiger partial charge on any atom is 0.325 e. The van der Waals surface area contributed by atoms with Gasteiger partial charge in [-0.15, -0.1) is 0 Å². The number of rotatable bonds is 8. The van der Waals surface area contributed by atoms with Crippen LogP contribution >= 0.6 is 0 Å². The molecule has 19 heavy (non-hydrogen) atoms. The normalized spacial score (nSPS) is 11.9. The lowest BCUT2D eigenvalue weighted by Crippen LogP contribution is -2.24. The third-order valence-corrected chi connectivity index (χ3v) is 3.88. The number of nitrogens with one attached hydrogen (secondary N) is 1. The van der Waals surface area contributed by atoms with Gasteiger partial charge >= 0.3 is 5.97 Å². The Hall–Kier alpha value is -1.41. The summed E-state index contributed by atoms with van der Waals surface area (Å²) in [6, 6.07) is 0. The Morgan fingerprint density at radius 2 is 2.21 bits per heavy atom. The SMILES string of the molecule is CC(C)CCCNS(=O)(=O)c1cnn(CC(=O)O)c1. The minimum atomic E-state index is -3.60. The van der Waals surface area contributed by atoms with E-state index in [0.717, 1.165) is 23.7 Å². The van der Waals surface area contributed by atoms with E-state index in [-0.39, 0.29) is 11.4 Å². The molecule has 1 aromatic rings. The molecule has 0 amide bonds. The molecule has 8 heteroatoms. The first-order chi connectivity index (χ1) is 8.81. The van der Waals surface area contributed by atoms with Crippen molar-refractivity contribution in [3.63, 3.8) is 0 Å². The van der Waals surface area contributed by atoms with Crippen molar-refractivity contribution in [3.8, 4) is 0 Å². The second kappa shape index (κ2) is 6.67. The van der Waals surface area contributed by atoms with Gasteiger partial charge in [0, 0.05) is 12.7 Å². The van der Waals surface area contributed by atoms with E-state index in [1.54, 1.807) is 0 Å². The predicted molar refractivity (Wildman–Crippen MR) is 69.1 cm³/mol. The van der Waals surface area contributed by atoms with Gasteiger partial charge in [-0.25, -0.2) is 13.1 Å². The van der Waals surface area contributed by atoms with Gasteiger partial charge in [-0.05, 0) is 18.8 Å². The number of carboxylic acids is 1. The smallest absolute Gasteiger partial charge is 0.325 e. The Kier molecular flexibility index (Phi) is 5.49. The Balaban J connectivity index is 2.57. The van der Waals surface area contributed by atoms with Crippen molar-refractivity contribution in [3.05, 3.63) is 12.4 Å². The van der Waals surface area contributed by atoms with E-state index >= 15 is 0 Å². The zero-order valence-corrected chi connectivity index (χ0v) is 11.9. The van der Waals surface area contributed by atoms with Crippen LogP contribution in [0.2, 0.25) is 0 Å². The monoisotopic (exact) mass is 289 g/mol. The van der Waals surface area contributed by atoms with Gasteiger partial charge in [-0.3, -0.25) is 9.48 Å². The summed E-state index contributed by atoms with van der Waals surface area (Å²) in [5.74, 6) is -0.542. The Morgan fingerprint density at radius 1 is 1.53 bits per heavy atom. The fourth-order valence-electron chi connectivity index (χ4n) is 1.51. The molecule has 1 rings (SSSR count). The van der Waals surface area contributed by atoms with Gasteiger partial charge < -0.3 is 5.11 Å². The van der Waals surface area contributed by atoms with Crippen molar-refractivity contribution >= 4 is 16.0 Å². The number of carbonyl (C=O) groups is 1. The molecule has 0 radical (unpaired) electrons. The molecule has 108 valence electrons. The lowest BCUT2D eigenvalue weighted by atomic mass is 10.1. The molecule has 0 aliphatic carbocycles. The highest BCUT2D eigenvalue weighted by molar-refractivity contribution is 7.89. The second-order valence-electron chi connectivity index (χ2n) is 4.70. The van der Waals surface area contributed by atoms with Crippen molar-refractivity contribution in [2.75, 3.05) is 6.54 Å². The van der Waals surface area contributed by atoms with Crippen molar-refractivity contribution < 1.29 is 18.3 Å². The number of hydrogen-bond acceptors (Lipinski definition) is 4. The maximum absolute atomic E-state index is 11.9. The van der Waals surface area contributed by atoms with Crippen LogP contribution in [0.5, 0.6) is 0 Å². The molecule has 2 N–H and O–H groups in total. The average molecular weight is 289 g/mol. The number of hydrogen-bond donors (Lipinski definition) is 2. The molecule has 0 aliphatic rings. The molecule has 7 nitrogen and oxygen atoms in total. The van der Waals surface area contributed by atoms with Crippen molar-refractivity contribution in [2.24, 2.45) is 5.92 Å². The number of sulfonamides is 1. The van der Waals surface area contributed by atoms with E-state index in [1.165, 1.54) is 6.20 Å². The molecule has 0 aliphatic heterocycles. The summed E-state index contributed by atoms with van der Waals surface area (Å²) in [4.78, 5) is 10.5. The van der Waals surface area contributed by atoms with Crippen LogP contribution in [0.1, 0.15) is 26.7 Å². The molecule has 0 fully saturated rings. The van der Waals surface area contributed by atoms with Crippen LogP contribution in [0.25, 0.3) is 0 Å². The molecule has 0 saturated heterocycles. The van der Waals surface area contributed by atoms with Gasteiger partial charge in [0.2, 0.25) is 10.0 Å². The van der Waals surface area contributed by atoms with E-state index in [1.807, 2.05) is 0 Å².